The number of sulfonamides is 1. The van der Waals surface area contributed by atoms with E-state index in [-0.39, 0.29) is 23.3 Å². The maximum Gasteiger partial charge on any atom is 0.243 e. The van der Waals surface area contributed by atoms with E-state index in [9.17, 15) is 17.6 Å². The van der Waals surface area contributed by atoms with Gasteiger partial charge >= 0.3 is 0 Å². The zero-order chi connectivity index (χ0) is 22.8. The number of nitrogens with zero attached hydrogens (tertiary/aromatic N) is 4. The van der Waals surface area contributed by atoms with Crippen molar-refractivity contribution in [2.75, 3.05) is 32.5 Å². The van der Waals surface area contributed by atoms with Crippen molar-refractivity contribution in [3.05, 3.63) is 47.2 Å². The monoisotopic (exact) mass is 449 g/mol. The molecule has 0 radical (unpaired) electrons. The van der Waals surface area contributed by atoms with Gasteiger partial charge < -0.3 is 10.2 Å². The maximum absolute atomic E-state index is 13.5. The fraction of sp³-hybridized carbons (Fsp3) is 0.476. The van der Waals surface area contributed by atoms with Gasteiger partial charge in [0.15, 0.2) is 0 Å². The van der Waals surface area contributed by atoms with Crippen LogP contribution in [0.15, 0.2) is 29.2 Å². The maximum atomic E-state index is 13.5. The summed E-state index contributed by atoms with van der Waals surface area (Å²) in [6, 6.07) is 5.49. The number of benzene rings is 1. The molecule has 8 nitrogen and oxygen atoms in total. The van der Waals surface area contributed by atoms with E-state index in [0.717, 1.165) is 6.42 Å². The average molecular weight is 450 g/mol. The zero-order valence-corrected chi connectivity index (χ0v) is 19.0. The Hall–Kier alpha value is -2.59. The summed E-state index contributed by atoms with van der Waals surface area (Å²) in [6.07, 6.45) is 1.42. The van der Waals surface area contributed by atoms with E-state index in [1.54, 1.807) is 32.0 Å². The summed E-state index contributed by atoms with van der Waals surface area (Å²) in [5.74, 6) is 0.448. The molecule has 10 heteroatoms. The van der Waals surface area contributed by atoms with Crippen LogP contribution in [0.1, 0.15) is 42.8 Å². The highest BCUT2D eigenvalue weighted by atomic mass is 32.2. The van der Waals surface area contributed by atoms with Crippen LogP contribution >= 0.6 is 0 Å². The van der Waals surface area contributed by atoms with Gasteiger partial charge in [0, 0.05) is 46.1 Å². The topological polar surface area (TPSA) is 95.5 Å². The molecule has 1 atom stereocenters. The largest absolute Gasteiger partial charge is 0.373 e. The van der Waals surface area contributed by atoms with E-state index in [1.165, 1.54) is 29.4 Å². The second kappa shape index (κ2) is 9.27. The first kappa shape index (κ1) is 23.1. The number of halogens is 1. The first-order valence-electron chi connectivity index (χ1n) is 10.2. The number of aromatic nitrogens is 2. The lowest BCUT2D eigenvalue weighted by atomic mass is 9.98. The summed E-state index contributed by atoms with van der Waals surface area (Å²) in [5, 5.41) is 3.01. The van der Waals surface area contributed by atoms with E-state index in [0.29, 0.717) is 42.4 Å². The second-order valence-electron chi connectivity index (χ2n) is 7.84. The van der Waals surface area contributed by atoms with Crippen LogP contribution in [0.25, 0.3) is 0 Å². The Morgan fingerprint density at radius 2 is 2.06 bits per heavy atom. The van der Waals surface area contributed by atoms with Gasteiger partial charge in [-0.05, 0) is 43.5 Å². The summed E-state index contributed by atoms with van der Waals surface area (Å²) < 4.78 is 41.3. The first-order chi connectivity index (χ1) is 14.6. The van der Waals surface area contributed by atoms with Crippen molar-refractivity contribution in [2.24, 2.45) is 0 Å². The predicted molar refractivity (Wildman–Crippen MR) is 116 cm³/mol. The third-order valence-electron chi connectivity index (χ3n) is 5.49. The minimum atomic E-state index is -3.76. The Bertz CT molecular complexity index is 1080. The summed E-state index contributed by atoms with van der Waals surface area (Å²) >= 11 is 0. The van der Waals surface area contributed by atoms with Crippen molar-refractivity contribution in [3.63, 3.8) is 0 Å². The van der Waals surface area contributed by atoms with Gasteiger partial charge in [-0.2, -0.15) is 4.31 Å². The van der Waals surface area contributed by atoms with Crippen LogP contribution in [-0.4, -0.2) is 60.7 Å². The normalized spacial score (nSPS) is 17.4. The lowest BCUT2D eigenvalue weighted by Gasteiger charge is -2.32. The highest BCUT2D eigenvalue weighted by Crippen LogP contribution is 2.30. The van der Waals surface area contributed by atoms with Gasteiger partial charge in [-0.3, -0.25) is 4.79 Å². The summed E-state index contributed by atoms with van der Waals surface area (Å²) in [6.45, 7) is 4.05. The highest BCUT2D eigenvalue weighted by Gasteiger charge is 2.33. The second-order valence-corrected chi connectivity index (χ2v) is 9.75. The summed E-state index contributed by atoms with van der Waals surface area (Å²) in [5.41, 5.74) is 1.06. The molecular formula is C21H28FN5O3S. The molecule has 0 spiro atoms. The number of rotatable bonds is 6. The van der Waals surface area contributed by atoms with Gasteiger partial charge in [-0.1, -0.05) is 0 Å². The fourth-order valence-corrected chi connectivity index (χ4v) is 5.41. The molecule has 1 N–H and O–H groups in total. The predicted octanol–water partition coefficient (Wildman–Crippen LogP) is 2.51. The highest BCUT2D eigenvalue weighted by molar-refractivity contribution is 7.89. The van der Waals surface area contributed by atoms with Gasteiger partial charge in [-0.15, -0.1) is 0 Å². The van der Waals surface area contributed by atoms with Crippen LogP contribution in [0.2, 0.25) is 0 Å². The number of nitrogens with one attached hydrogen (secondary N) is 1. The van der Waals surface area contributed by atoms with Gasteiger partial charge in [0.05, 0.1) is 17.1 Å². The van der Waals surface area contributed by atoms with Gasteiger partial charge in [0.25, 0.3) is 0 Å². The standard InChI is InChI=1S/C21H28FN5O3S/c1-14-10-17(22)7-8-19(14)31(29,30)27-9-5-6-16(12-27)21-24-18(11-20(23-3)25-21)13-26(4)15(2)28/h7-8,10-11,16H,5-6,9,12-13H2,1-4H3,(H,23,24,25)/t16-/m0/s1. The number of hydrogen-bond acceptors (Lipinski definition) is 6. The minimum Gasteiger partial charge on any atom is -0.373 e. The number of anilines is 1. The molecule has 1 aromatic heterocycles. The van der Waals surface area contributed by atoms with Crippen LogP contribution in [-0.2, 0) is 21.4 Å². The SMILES string of the molecule is CNc1cc(CN(C)C(C)=O)nc([C@H]2CCCN(S(=O)(=O)c3ccc(F)cc3C)C2)n1. The number of amides is 1. The van der Waals surface area contributed by atoms with E-state index in [2.05, 4.69) is 15.3 Å². The lowest BCUT2D eigenvalue weighted by Crippen LogP contribution is -2.39. The number of piperidine rings is 1. The van der Waals surface area contributed by atoms with Crippen molar-refractivity contribution < 1.29 is 17.6 Å². The molecule has 0 aliphatic carbocycles. The molecule has 1 saturated heterocycles. The minimum absolute atomic E-state index is 0.0734. The quantitative estimate of drug-likeness (QED) is 0.728. The lowest BCUT2D eigenvalue weighted by molar-refractivity contribution is -0.128. The molecule has 3 rings (SSSR count). The number of carbonyl (C=O) groups excluding carboxylic acids is 1. The Labute approximate surface area is 182 Å². The molecular weight excluding hydrogens is 421 g/mol. The molecule has 1 aliphatic rings. The molecule has 0 bridgehead atoms. The van der Waals surface area contributed by atoms with E-state index in [1.807, 2.05) is 0 Å². The van der Waals surface area contributed by atoms with Crippen molar-refractivity contribution in [3.8, 4) is 0 Å². The molecule has 2 heterocycles. The molecule has 1 amide bonds. The third-order valence-corrected chi connectivity index (χ3v) is 7.52. The Morgan fingerprint density at radius 3 is 2.71 bits per heavy atom. The third kappa shape index (κ3) is 5.19. The molecule has 31 heavy (non-hydrogen) atoms. The Balaban J connectivity index is 1.88. The molecule has 1 aromatic carbocycles. The van der Waals surface area contributed by atoms with Crippen molar-refractivity contribution in [2.45, 2.75) is 44.0 Å². The zero-order valence-electron chi connectivity index (χ0n) is 18.2. The van der Waals surface area contributed by atoms with E-state index in [4.69, 9.17) is 0 Å². The average Bonchev–Trinajstić information content (AvgIpc) is 2.73. The van der Waals surface area contributed by atoms with Crippen molar-refractivity contribution in [1.82, 2.24) is 19.2 Å². The van der Waals surface area contributed by atoms with E-state index < -0.39 is 15.8 Å². The summed E-state index contributed by atoms with van der Waals surface area (Å²) in [7, 11) is -0.317. The van der Waals surface area contributed by atoms with Crippen LogP contribution in [0.4, 0.5) is 10.2 Å². The first-order valence-corrected chi connectivity index (χ1v) is 11.6. The molecule has 2 aromatic rings. The molecule has 168 valence electrons. The molecule has 0 saturated carbocycles. The Morgan fingerprint density at radius 1 is 1.32 bits per heavy atom. The number of aryl methyl sites for hydroxylation is 1. The van der Waals surface area contributed by atoms with Crippen LogP contribution in [0.3, 0.4) is 0 Å². The fourth-order valence-electron chi connectivity index (χ4n) is 3.68. The van der Waals surface area contributed by atoms with Crippen LogP contribution < -0.4 is 5.32 Å². The number of carbonyl (C=O) groups is 1. The molecule has 1 fully saturated rings. The molecule has 0 unspecified atom stereocenters. The smallest absolute Gasteiger partial charge is 0.243 e. The van der Waals surface area contributed by atoms with Gasteiger partial charge in [0.2, 0.25) is 15.9 Å². The Kier molecular flexibility index (Phi) is 6.90. The van der Waals surface area contributed by atoms with E-state index >= 15 is 0 Å². The van der Waals surface area contributed by atoms with Gasteiger partial charge in [0.1, 0.15) is 17.5 Å². The van der Waals surface area contributed by atoms with Gasteiger partial charge in [-0.25, -0.2) is 22.8 Å². The van der Waals surface area contributed by atoms with Crippen LogP contribution in [0.5, 0.6) is 0 Å². The summed E-state index contributed by atoms with van der Waals surface area (Å²) in [4.78, 5) is 22.4. The number of hydrogen-bond donors (Lipinski definition) is 1. The molecule has 1 aliphatic heterocycles. The van der Waals surface area contributed by atoms with Crippen LogP contribution in [0, 0.1) is 12.7 Å². The van der Waals surface area contributed by atoms with Crippen molar-refractivity contribution in [1.29, 1.82) is 0 Å². The van der Waals surface area contributed by atoms with Crippen molar-refractivity contribution >= 4 is 21.7 Å².